The van der Waals surface area contributed by atoms with Gasteiger partial charge in [-0.05, 0) is 54.8 Å². The van der Waals surface area contributed by atoms with Crippen molar-refractivity contribution in [2.24, 2.45) is 0 Å². The molecular weight excluding hydrogens is 408 g/mol. The second-order valence-corrected chi connectivity index (χ2v) is 8.04. The molecule has 3 unspecified atom stereocenters. The van der Waals surface area contributed by atoms with Crippen molar-refractivity contribution >= 4 is 0 Å². The smallest absolute Gasteiger partial charge is 0.167 e. The van der Waals surface area contributed by atoms with Gasteiger partial charge in [-0.3, -0.25) is 0 Å². The van der Waals surface area contributed by atoms with Gasteiger partial charge in [0, 0.05) is 31.1 Å². The Morgan fingerprint density at radius 1 is 1.00 bits per heavy atom. The molecule has 0 radical (unpaired) electrons. The highest BCUT2D eigenvalue weighted by Crippen LogP contribution is 2.26. The topological polar surface area (TPSA) is 86.0 Å². The average molecular weight is 439 g/mol. The van der Waals surface area contributed by atoms with E-state index >= 15 is 0 Å². The number of aliphatic hydroxyl groups excluding tert-OH is 1. The van der Waals surface area contributed by atoms with E-state index in [9.17, 15) is 5.11 Å². The van der Waals surface area contributed by atoms with E-state index in [1.54, 1.807) is 14.2 Å². The minimum Gasteiger partial charge on any atom is -0.497 e. The number of benzene rings is 2. The molecule has 2 aromatic carbocycles. The summed E-state index contributed by atoms with van der Waals surface area (Å²) in [5.41, 5.74) is 2.95. The molecule has 7 nitrogen and oxygen atoms in total. The molecule has 3 aromatic rings. The van der Waals surface area contributed by atoms with Crippen molar-refractivity contribution in [2.75, 3.05) is 20.8 Å². The first-order chi connectivity index (χ1) is 15.6. The Labute approximate surface area is 188 Å². The molecule has 0 spiro atoms. The number of aliphatic hydroxyl groups is 1. The molecular formula is C25H30N2O5. The zero-order valence-electron chi connectivity index (χ0n) is 18.5. The number of aromatic nitrogens is 1. The van der Waals surface area contributed by atoms with Crippen LogP contribution in [0.5, 0.6) is 11.5 Å². The molecule has 0 amide bonds. The Balaban J connectivity index is 1.28. The van der Waals surface area contributed by atoms with Crippen LogP contribution in [0, 0.1) is 0 Å². The number of ether oxygens (including phenoxy) is 3. The van der Waals surface area contributed by atoms with Gasteiger partial charge in [-0.1, -0.05) is 17.3 Å². The zero-order chi connectivity index (χ0) is 22.3. The molecule has 1 aliphatic rings. The first-order valence-electron chi connectivity index (χ1n) is 10.9. The lowest BCUT2D eigenvalue weighted by atomic mass is 9.98. The van der Waals surface area contributed by atoms with Gasteiger partial charge in [-0.25, -0.2) is 0 Å². The van der Waals surface area contributed by atoms with Crippen LogP contribution < -0.4 is 14.8 Å². The minimum absolute atomic E-state index is 0.00000354. The van der Waals surface area contributed by atoms with Crippen molar-refractivity contribution in [1.29, 1.82) is 0 Å². The summed E-state index contributed by atoms with van der Waals surface area (Å²) in [6.07, 6.45) is 1.44. The summed E-state index contributed by atoms with van der Waals surface area (Å²) in [5, 5.41) is 18.0. The van der Waals surface area contributed by atoms with Crippen molar-refractivity contribution in [3.63, 3.8) is 0 Å². The van der Waals surface area contributed by atoms with E-state index < -0.39 is 6.10 Å². The van der Waals surface area contributed by atoms with Gasteiger partial charge >= 0.3 is 0 Å². The van der Waals surface area contributed by atoms with Crippen molar-refractivity contribution in [2.45, 2.75) is 44.1 Å². The number of hydrogen-bond donors (Lipinski definition) is 2. The average Bonchev–Trinajstić information content (AvgIpc) is 3.30. The van der Waals surface area contributed by atoms with E-state index in [-0.39, 0.29) is 12.2 Å². The highest BCUT2D eigenvalue weighted by atomic mass is 16.5. The van der Waals surface area contributed by atoms with Crippen LogP contribution in [0.4, 0.5) is 0 Å². The maximum atomic E-state index is 10.4. The van der Waals surface area contributed by atoms with E-state index in [2.05, 4.69) is 10.5 Å². The van der Waals surface area contributed by atoms with Gasteiger partial charge in [-0.15, -0.1) is 0 Å². The third-order valence-corrected chi connectivity index (χ3v) is 5.78. The molecule has 1 saturated heterocycles. The second kappa shape index (κ2) is 10.6. The summed E-state index contributed by atoms with van der Waals surface area (Å²) in [6, 6.07) is 17.6. The van der Waals surface area contributed by atoms with Crippen LogP contribution in [-0.4, -0.2) is 49.3 Å². The first kappa shape index (κ1) is 22.3. The fourth-order valence-corrected chi connectivity index (χ4v) is 3.92. The van der Waals surface area contributed by atoms with Crippen LogP contribution in [0.15, 0.2) is 59.1 Å². The van der Waals surface area contributed by atoms with Gasteiger partial charge in [0.25, 0.3) is 0 Å². The number of hydrogen-bond acceptors (Lipinski definition) is 7. The number of nitrogens with zero attached hydrogens (tertiary/aromatic N) is 1. The maximum Gasteiger partial charge on any atom is 0.167 e. The lowest BCUT2D eigenvalue weighted by Crippen LogP contribution is -2.45. The lowest BCUT2D eigenvalue weighted by Gasteiger charge is -2.34. The Bertz CT molecular complexity index is 971. The highest BCUT2D eigenvalue weighted by molar-refractivity contribution is 5.58. The molecule has 1 fully saturated rings. The van der Waals surface area contributed by atoms with E-state index in [0.717, 1.165) is 40.5 Å². The van der Waals surface area contributed by atoms with E-state index in [0.29, 0.717) is 25.9 Å². The summed E-state index contributed by atoms with van der Waals surface area (Å²) < 4.78 is 22.1. The second-order valence-electron chi connectivity index (χ2n) is 8.04. The molecule has 3 atom stereocenters. The minimum atomic E-state index is -0.471. The van der Waals surface area contributed by atoms with Gasteiger partial charge in [0.15, 0.2) is 5.76 Å². The normalized spacial score (nSPS) is 20.8. The fraction of sp³-hybridized carbons (Fsp3) is 0.400. The van der Waals surface area contributed by atoms with Gasteiger partial charge in [-0.2, -0.15) is 0 Å². The third kappa shape index (κ3) is 5.68. The molecule has 4 rings (SSSR count). The molecule has 1 aliphatic heterocycles. The van der Waals surface area contributed by atoms with Crippen molar-refractivity contribution in [3.8, 4) is 22.8 Å². The molecule has 170 valence electrons. The molecule has 0 saturated carbocycles. The summed E-state index contributed by atoms with van der Waals surface area (Å²) in [6.45, 7) is 1.29. The molecule has 2 N–H and O–H groups in total. The monoisotopic (exact) mass is 438 g/mol. The Kier molecular flexibility index (Phi) is 7.42. The third-order valence-electron chi connectivity index (χ3n) is 5.78. The number of nitrogens with one attached hydrogen (secondary N) is 1. The van der Waals surface area contributed by atoms with E-state index in [4.69, 9.17) is 18.7 Å². The van der Waals surface area contributed by atoms with Gasteiger partial charge in [0.2, 0.25) is 0 Å². The van der Waals surface area contributed by atoms with E-state index in [1.807, 2.05) is 54.6 Å². The SMILES string of the molecule is COc1ccc(CNCC2OC(Cc3cc(-c4ccc(OC)cc4)on3)CCC2O)cc1. The van der Waals surface area contributed by atoms with Crippen LogP contribution in [0.1, 0.15) is 24.1 Å². The molecule has 0 aliphatic carbocycles. The largest absolute Gasteiger partial charge is 0.497 e. The first-order valence-corrected chi connectivity index (χ1v) is 10.9. The van der Waals surface area contributed by atoms with Crippen molar-refractivity contribution in [3.05, 3.63) is 65.9 Å². The predicted molar refractivity (Wildman–Crippen MR) is 121 cm³/mol. The molecule has 32 heavy (non-hydrogen) atoms. The predicted octanol–water partition coefficient (Wildman–Crippen LogP) is 3.60. The van der Waals surface area contributed by atoms with Crippen LogP contribution in [0.2, 0.25) is 0 Å². The fourth-order valence-electron chi connectivity index (χ4n) is 3.92. The standard InChI is InChI=1S/C25H30N2O5/c1-29-20-7-3-17(4-8-20)15-26-16-25-23(28)12-11-22(31-25)13-19-14-24(32-27-19)18-5-9-21(30-2)10-6-18/h3-10,14,22-23,25-26,28H,11-13,15-16H2,1-2H3. The van der Waals surface area contributed by atoms with Gasteiger partial charge in [0.05, 0.1) is 38.2 Å². The highest BCUT2D eigenvalue weighted by Gasteiger charge is 2.30. The van der Waals surface area contributed by atoms with Crippen molar-refractivity contribution in [1.82, 2.24) is 10.5 Å². The van der Waals surface area contributed by atoms with Crippen LogP contribution in [0.25, 0.3) is 11.3 Å². The molecule has 1 aromatic heterocycles. The summed E-state index contributed by atoms with van der Waals surface area (Å²) in [4.78, 5) is 0. The van der Waals surface area contributed by atoms with Gasteiger partial charge in [0.1, 0.15) is 11.5 Å². The van der Waals surface area contributed by atoms with Crippen LogP contribution in [0.3, 0.4) is 0 Å². The van der Waals surface area contributed by atoms with Crippen molar-refractivity contribution < 1.29 is 23.8 Å². The number of methoxy groups -OCH3 is 2. The molecule has 0 bridgehead atoms. The van der Waals surface area contributed by atoms with Gasteiger partial charge < -0.3 is 29.2 Å². The lowest BCUT2D eigenvalue weighted by molar-refractivity contribution is -0.115. The quantitative estimate of drug-likeness (QED) is 0.528. The Morgan fingerprint density at radius 3 is 2.38 bits per heavy atom. The van der Waals surface area contributed by atoms with Crippen LogP contribution >= 0.6 is 0 Å². The van der Waals surface area contributed by atoms with E-state index in [1.165, 1.54) is 0 Å². The summed E-state index contributed by atoms with van der Waals surface area (Å²) in [5.74, 6) is 2.36. The number of rotatable bonds is 9. The molecule has 7 heteroatoms. The zero-order valence-corrected chi connectivity index (χ0v) is 18.5. The Morgan fingerprint density at radius 2 is 1.69 bits per heavy atom. The maximum absolute atomic E-state index is 10.4. The molecule has 2 heterocycles. The Hall–Kier alpha value is -2.87. The summed E-state index contributed by atoms with van der Waals surface area (Å²) in [7, 11) is 3.30. The summed E-state index contributed by atoms with van der Waals surface area (Å²) >= 11 is 0. The van der Waals surface area contributed by atoms with Crippen LogP contribution in [-0.2, 0) is 17.7 Å².